The molecule has 1 aliphatic rings. The van der Waals surface area contributed by atoms with Crippen molar-refractivity contribution in [1.29, 1.82) is 0 Å². The minimum absolute atomic E-state index is 0.761. The van der Waals surface area contributed by atoms with Gasteiger partial charge in [0.25, 0.3) is 0 Å². The van der Waals surface area contributed by atoms with Crippen LogP contribution < -0.4 is 0 Å². The van der Waals surface area contributed by atoms with Gasteiger partial charge in [-0.2, -0.15) is 0 Å². The lowest BCUT2D eigenvalue weighted by molar-refractivity contribution is 0.204. The Balaban J connectivity index is 2.25. The highest BCUT2D eigenvalue weighted by Gasteiger charge is 2.20. The second kappa shape index (κ2) is 37.6. The first-order valence-electron chi connectivity index (χ1n) is 23.4. The normalized spacial score (nSPS) is 16.2. The maximum absolute atomic E-state index is 2.87. The molecule has 0 bridgehead atoms. The van der Waals surface area contributed by atoms with Gasteiger partial charge in [0.05, 0.1) is 0 Å². The molecule has 0 N–H and O–H groups in total. The molecule has 1 atom stereocenters. The third-order valence-electron chi connectivity index (χ3n) is 11.8. The van der Waals surface area contributed by atoms with Gasteiger partial charge in [0.1, 0.15) is 0 Å². The van der Waals surface area contributed by atoms with Gasteiger partial charge in [0, 0.05) is 19.1 Å². The number of nitrogens with zero attached hydrogens (tertiary/aromatic N) is 3. The topological polar surface area (TPSA) is 9.72 Å². The van der Waals surface area contributed by atoms with Gasteiger partial charge in [-0.1, -0.05) is 201 Å². The van der Waals surface area contributed by atoms with Crippen molar-refractivity contribution in [2.45, 2.75) is 246 Å². The van der Waals surface area contributed by atoms with Crippen LogP contribution in [0, 0.1) is 0 Å². The van der Waals surface area contributed by atoms with Crippen LogP contribution >= 0.6 is 0 Å². The zero-order valence-electron chi connectivity index (χ0n) is 34.9. The Hall–Kier alpha value is -0.120. The molecule has 0 amide bonds. The maximum Gasteiger partial charge on any atom is 0.0112 e. The summed E-state index contributed by atoms with van der Waals surface area (Å²) >= 11 is 0. The third kappa shape index (κ3) is 31.2. The summed E-state index contributed by atoms with van der Waals surface area (Å²) in [6.45, 7) is 20.0. The summed E-state index contributed by atoms with van der Waals surface area (Å²) in [6, 6.07) is 0.761. The highest BCUT2D eigenvalue weighted by Crippen LogP contribution is 2.16. The van der Waals surface area contributed by atoms with Crippen molar-refractivity contribution < 1.29 is 0 Å². The van der Waals surface area contributed by atoms with Crippen LogP contribution in [-0.2, 0) is 0 Å². The van der Waals surface area contributed by atoms with Gasteiger partial charge >= 0.3 is 0 Å². The van der Waals surface area contributed by atoms with Gasteiger partial charge in [0.2, 0.25) is 0 Å². The van der Waals surface area contributed by atoms with E-state index in [2.05, 4.69) is 42.4 Å². The maximum atomic E-state index is 2.87. The van der Waals surface area contributed by atoms with Crippen LogP contribution in [0.2, 0.25) is 0 Å². The molecular formula is C46H95N3. The smallest absolute Gasteiger partial charge is 0.0112 e. The van der Waals surface area contributed by atoms with Crippen LogP contribution in [0.4, 0.5) is 0 Å². The molecule has 1 saturated heterocycles. The Morgan fingerprint density at radius 2 is 0.714 bits per heavy atom. The number of hydrogen-bond acceptors (Lipinski definition) is 3. The molecule has 294 valence electrons. The fourth-order valence-electron chi connectivity index (χ4n) is 8.19. The molecule has 3 heteroatoms. The van der Waals surface area contributed by atoms with E-state index in [-0.39, 0.29) is 0 Å². The van der Waals surface area contributed by atoms with Crippen LogP contribution in [0.15, 0.2) is 0 Å². The molecule has 1 heterocycles. The summed E-state index contributed by atoms with van der Waals surface area (Å²) in [6.07, 6.45) is 47.5. The predicted molar refractivity (Wildman–Crippen MR) is 223 cm³/mol. The van der Waals surface area contributed by atoms with Gasteiger partial charge < -0.3 is 9.80 Å². The van der Waals surface area contributed by atoms with Crippen LogP contribution in [0.5, 0.6) is 0 Å². The average Bonchev–Trinajstić information content (AvgIpc) is 3.28. The minimum atomic E-state index is 0.761. The van der Waals surface area contributed by atoms with E-state index in [0.717, 1.165) is 6.04 Å². The summed E-state index contributed by atoms with van der Waals surface area (Å²) < 4.78 is 0. The van der Waals surface area contributed by atoms with E-state index in [0.29, 0.717) is 0 Å². The van der Waals surface area contributed by atoms with Gasteiger partial charge in [-0.3, -0.25) is 4.90 Å². The Bertz CT molecular complexity index is 599. The molecule has 1 aliphatic heterocycles. The molecule has 0 aromatic heterocycles. The first kappa shape index (κ1) is 46.9. The van der Waals surface area contributed by atoms with E-state index in [1.165, 1.54) is 264 Å². The number of rotatable bonds is 38. The zero-order chi connectivity index (χ0) is 35.3. The summed E-state index contributed by atoms with van der Waals surface area (Å²) in [5.74, 6) is 0. The standard InChI is InChI=1S/C46H95N3/c1-5-8-11-14-17-20-23-26-29-32-35-42-49-45-44-48(43-37-46(49)4)41-36-40-47(38-33-30-27-24-21-18-15-12-9-6-2)39-34-31-28-25-22-19-16-13-10-7-3/h46H,5-45H2,1-4H3. The second-order valence-corrected chi connectivity index (χ2v) is 16.6. The van der Waals surface area contributed by atoms with E-state index < -0.39 is 0 Å². The van der Waals surface area contributed by atoms with Crippen molar-refractivity contribution in [3.8, 4) is 0 Å². The van der Waals surface area contributed by atoms with Crippen molar-refractivity contribution in [3.63, 3.8) is 0 Å². The van der Waals surface area contributed by atoms with Crippen LogP contribution in [0.1, 0.15) is 240 Å². The van der Waals surface area contributed by atoms with E-state index in [1.54, 1.807) is 0 Å². The van der Waals surface area contributed by atoms with Crippen LogP contribution in [-0.4, -0.2) is 73.1 Å². The first-order chi connectivity index (χ1) is 24.2. The van der Waals surface area contributed by atoms with Gasteiger partial charge in [-0.25, -0.2) is 0 Å². The fraction of sp³-hybridized carbons (Fsp3) is 1.00. The van der Waals surface area contributed by atoms with Crippen molar-refractivity contribution in [3.05, 3.63) is 0 Å². The fourth-order valence-corrected chi connectivity index (χ4v) is 8.19. The molecule has 0 aromatic rings. The first-order valence-corrected chi connectivity index (χ1v) is 23.4. The summed E-state index contributed by atoms with van der Waals surface area (Å²) in [7, 11) is 0. The molecule has 1 unspecified atom stereocenters. The minimum Gasteiger partial charge on any atom is -0.303 e. The largest absolute Gasteiger partial charge is 0.303 e. The molecule has 0 aromatic carbocycles. The van der Waals surface area contributed by atoms with E-state index in [9.17, 15) is 0 Å². The molecule has 0 saturated carbocycles. The highest BCUT2D eigenvalue weighted by molar-refractivity contribution is 4.76. The summed E-state index contributed by atoms with van der Waals surface area (Å²) in [5.41, 5.74) is 0. The van der Waals surface area contributed by atoms with Gasteiger partial charge in [0.15, 0.2) is 0 Å². The van der Waals surface area contributed by atoms with Crippen molar-refractivity contribution in [1.82, 2.24) is 14.7 Å². The molecule has 0 aliphatic carbocycles. The van der Waals surface area contributed by atoms with Crippen molar-refractivity contribution in [2.24, 2.45) is 0 Å². The summed E-state index contributed by atoms with van der Waals surface area (Å²) in [5, 5.41) is 0. The molecule has 3 nitrogen and oxygen atoms in total. The molecule has 0 radical (unpaired) electrons. The SMILES string of the molecule is CCCCCCCCCCCCCN1CCN(CCCN(CCCCCCCCCCCC)CCCCCCCCCCCC)CCC1C. The predicted octanol–water partition coefficient (Wildman–Crippen LogP) is 14.2. The number of hydrogen-bond donors (Lipinski definition) is 0. The lowest BCUT2D eigenvalue weighted by Crippen LogP contribution is -2.36. The van der Waals surface area contributed by atoms with E-state index in [1.807, 2.05) is 0 Å². The molecule has 49 heavy (non-hydrogen) atoms. The summed E-state index contributed by atoms with van der Waals surface area (Å²) in [4.78, 5) is 8.52. The monoisotopic (exact) mass is 690 g/mol. The molecular weight excluding hydrogens is 595 g/mol. The average molecular weight is 690 g/mol. The Morgan fingerprint density at radius 1 is 0.367 bits per heavy atom. The number of unbranched alkanes of at least 4 members (excludes halogenated alkanes) is 28. The Morgan fingerprint density at radius 3 is 1.12 bits per heavy atom. The zero-order valence-corrected chi connectivity index (χ0v) is 34.9. The Kier molecular flexibility index (Phi) is 36.0. The molecule has 0 spiro atoms. The van der Waals surface area contributed by atoms with Crippen molar-refractivity contribution in [2.75, 3.05) is 52.4 Å². The Labute approximate surface area is 311 Å². The lowest BCUT2D eigenvalue weighted by atomic mass is 10.1. The lowest BCUT2D eigenvalue weighted by Gasteiger charge is -2.26. The highest BCUT2D eigenvalue weighted by atomic mass is 15.2. The van der Waals surface area contributed by atoms with Crippen molar-refractivity contribution >= 4 is 0 Å². The van der Waals surface area contributed by atoms with E-state index in [4.69, 9.17) is 0 Å². The van der Waals surface area contributed by atoms with Gasteiger partial charge in [-0.15, -0.1) is 0 Å². The third-order valence-corrected chi connectivity index (χ3v) is 11.8. The quantitative estimate of drug-likeness (QED) is 0.0597. The molecule has 1 rings (SSSR count). The van der Waals surface area contributed by atoms with E-state index >= 15 is 0 Å². The van der Waals surface area contributed by atoms with Gasteiger partial charge in [-0.05, 0) is 78.3 Å². The van der Waals surface area contributed by atoms with Crippen LogP contribution in [0.3, 0.4) is 0 Å². The molecule has 1 fully saturated rings. The second-order valence-electron chi connectivity index (χ2n) is 16.6. The van der Waals surface area contributed by atoms with Crippen LogP contribution in [0.25, 0.3) is 0 Å².